The molecule has 0 saturated heterocycles. The van der Waals surface area contributed by atoms with Crippen LogP contribution in [-0.4, -0.2) is 4.57 Å². The highest BCUT2D eigenvalue weighted by atomic mass is 15.0. The highest BCUT2D eigenvalue weighted by Gasteiger charge is 2.50. The standard InChI is InChI=1S/C55H35N/c1-3-16-36(17-4-1)38-30-32-51-45(34-38)46-35-39(37-18-5-2-6-19-37)31-33-52(46)56(51)53-29-15-28-50-54(53)44-24-11-14-27-49(44)55(50)47-25-12-9-22-42(47)40-20-7-8-21-41(40)43-23-10-13-26-48(43)55/h1-35H. The van der Waals surface area contributed by atoms with Gasteiger partial charge >= 0.3 is 0 Å². The lowest BCUT2D eigenvalue weighted by Gasteiger charge is -2.35. The molecular formula is C55H35N. The van der Waals surface area contributed by atoms with Gasteiger partial charge in [-0.15, -0.1) is 0 Å². The highest BCUT2D eigenvalue weighted by Crippen LogP contribution is 2.62. The molecule has 260 valence electrons. The average Bonchev–Trinajstić information content (AvgIpc) is 3.73. The Bertz CT molecular complexity index is 3020. The highest BCUT2D eigenvalue weighted by molar-refractivity contribution is 6.12. The van der Waals surface area contributed by atoms with Gasteiger partial charge in [0.15, 0.2) is 0 Å². The van der Waals surface area contributed by atoms with Crippen LogP contribution in [0.15, 0.2) is 212 Å². The van der Waals surface area contributed by atoms with Crippen LogP contribution < -0.4 is 0 Å². The van der Waals surface area contributed by atoms with E-state index in [0.29, 0.717) is 0 Å². The largest absolute Gasteiger partial charge is 0.309 e. The molecule has 0 saturated carbocycles. The summed E-state index contributed by atoms with van der Waals surface area (Å²) in [6, 6.07) is 79.0. The fourth-order valence-corrected chi connectivity index (χ4v) is 10.2. The first kappa shape index (κ1) is 31.2. The second kappa shape index (κ2) is 11.9. The normalized spacial score (nSPS) is 13.1. The molecule has 1 heterocycles. The van der Waals surface area contributed by atoms with Crippen molar-refractivity contribution in [2.24, 2.45) is 0 Å². The van der Waals surface area contributed by atoms with E-state index in [2.05, 4.69) is 217 Å². The number of hydrogen-bond acceptors (Lipinski definition) is 0. The minimum absolute atomic E-state index is 0.534. The first-order chi connectivity index (χ1) is 27.8. The molecule has 1 aromatic heterocycles. The Morgan fingerprint density at radius 3 is 1.21 bits per heavy atom. The second-order valence-corrected chi connectivity index (χ2v) is 15.2. The van der Waals surface area contributed by atoms with Gasteiger partial charge in [-0.05, 0) is 103 Å². The summed E-state index contributed by atoms with van der Waals surface area (Å²) in [7, 11) is 0. The molecular weight excluding hydrogens is 675 g/mol. The van der Waals surface area contributed by atoms with Crippen LogP contribution in [0, 0.1) is 0 Å². The molecule has 0 unspecified atom stereocenters. The summed E-state index contributed by atoms with van der Waals surface area (Å²) in [4.78, 5) is 0. The van der Waals surface area contributed by atoms with Crippen molar-refractivity contribution in [3.05, 3.63) is 235 Å². The molecule has 0 aliphatic heterocycles. The van der Waals surface area contributed by atoms with Crippen molar-refractivity contribution >= 4 is 21.8 Å². The van der Waals surface area contributed by atoms with Crippen molar-refractivity contribution in [2.45, 2.75) is 5.41 Å². The second-order valence-electron chi connectivity index (χ2n) is 15.2. The number of nitrogens with zero attached hydrogens (tertiary/aromatic N) is 1. The molecule has 2 aliphatic carbocycles. The molecule has 0 amide bonds. The van der Waals surface area contributed by atoms with E-state index in [4.69, 9.17) is 0 Å². The van der Waals surface area contributed by atoms with E-state index in [0.717, 1.165) is 0 Å². The van der Waals surface area contributed by atoms with Crippen molar-refractivity contribution < 1.29 is 0 Å². The number of rotatable bonds is 3. The Kier molecular flexibility index (Phi) is 6.62. The van der Waals surface area contributed by atoms with Gasteiger partial charge in [0.25, 0.3) is 0 Å². The van der Waals surface area contributed by atoms with E-state index in [1.807, 2.05) is 0 Å². The molecule has 0 N–H and O–H groups in total. The molecule has 10 aromatic rings. The predicted octanol–water partition coefficient (Wildman–Crippen LogP) is 14.1. The van der Waals surface area contributed by atoms with Crippen LogP contribution in [0.5, 0.6) is 0 Å². The van der Waals surface area contributed by atoms with Crippen LogP contribution in [0.3, 0.4) is 0 Å². The van der Waals surface area contributed by atoms with Gasteiger partial charge in [-0.3, -0.25) is 0 Å². The maximum Gasteiger partial charge on any atom is 0.0726 e. The minimum atomic E-state index is -0.534. The van der Waals surface area contributed by atoms with Crippen LogP contribution >= 0.6 is 0 Å². The first-order valence-corrected chi connectivity index (χ1v) is 19.5. The maximum absolute atomic E-state index is 2.53. The summed E-state index contributed by atoms with van der Waals surface area (Å²) >= 11 is 0. The first-order valence-electron chi connectivity index (χ1n) is 19.5. The van der Waals surface area contributed by atoms with Crippen LogP contribution in [0.25, 0.3) is 83.1 Å². The quantitative estimate of drug-likeness (QED) is 0.172. The van der Waals surface area contributed by atoms with E-state index in [1.165, 1.54) is 105 Å². The van der Waals surface area contributed by atoms with Crippen molar-refractivity contribution in [1.82, 2.24) is 4.57 Å². The van der Waals surface area contributed by atoms with E-state index in [1.54, 1.807) is 0 Å². The van der Waals surface area contributed by atoms with Gasteiger partial charge < -0.3 is 4.57 Å². The lowest BCUT2D eigenvalue weighted by atomic mass is 9.66. The smallest absolute Gasteiger partial charge is 0.0726 e. The molecule has 1 heteroatoms. The molecule has 0 radical (unpaired) electrons. The lowest BCUT2D eigenvalue weighted by Crippen LogP contribution is -2.29. The fourth-order valence-electron chi connectivity index (χ4n) is 10.2. The summed E-state index contributed by atoms with van der Waals surface area (Å²) in [5.41, 5.74) is 20.9. The minimum Gasteiger partial charge on any atom is -0.309 e. The zero-order chi connectivity index (χ0) is 36.8. The average molecular weight is 710 g/mol. The predicted molar refractivity (Wildman–Crippen MR) is 233 cm³/mol. The van der Waals surface area contributed by atoms with Gasteiger partial charge in [0.2, 0.25) is 0 Å². The Morgan fingerprint density at radius 2 is 0.696 bits per heavy atom. The third kappa shape index (κ3) is 4.20. The molecule has 0 fully saturated rings. The van der Waals surface area contributed by atoms with Gasteiger partial charge in [-0.25, -0.2) is 0 Å². The summed E-state index contributed by atoms with van der Waals surface area (Å²) in [6.45, 7) is 0. The van der Waals surface area contributed by atoms with Gasteiger partial charge in [0.05, 0.1) is 22.1 Å². The molecule has 9 aromatic carbocycles. The van der Waals surface area contributed by atoms with Crippen molar-refractivity contribution in [3.8, 4) is 61.3 Å². The van der Waals surface area contributed by atoms with E-state index in [-0.39, 0.29) is 0 Å². The van der Waals surface area contributed by atoms with Gasteiger partial charge in [-0.1, -0.05) is 182 Å². The lowest BCUT2D eigenvalue weighted by molar-refractivity contribution is 0.775. The summed E-state index contributed by atoms with van der Waals surface area (Å²) in [5.74, 6) is 0. The van der Waals surface area contributed by atoms with Crippen LogP contribution in [0.4, 0.5) is 0 Å². The fraction of sp³-hybridized carbons (Fsp3) is 0.0182. The SMILES string of the molecule is c1ccc(-c2ccc3c(c2)c2cc(-c4ccccc4)ccc2n3-c2cccc3c2-c2ccccc2C32c3ccccc3-c3ccccc3-c3ccccc32)cc1. The van der Waals surface area contributed by atoms with Crippen molar-refractivity contribution in [1.29, 1.82) is 0 Å². The number of benzene rings is 9. The third-order valence-corrected chi connectivity index (χ3v) is 12.4. The number of fused-ring (bicyclic) bond motifs is 15. The van der Waals surface area contributed by atoms with Crippen LogP contribution in [0.2, 0.25) is 0 Å². The molecule has 1 nitrogen and oxygen atoms in total. The van der Waals surface area contributed by atoms with Gasteiger partial charge in [-0.2, -0.15) is 0 Å². The molecule has 0 bridgehead atoms. The summed E-state index contributed by atoms with van der Waals surface area (Å²) in [6.07, 6.45) is 0. The van der Waals surface area contributed by atoms with Crippen molar-refractivity contribution in [3.63, 3.8) is 0 Å². The Balaban J connectivity index is 1.20. The molecule has 2 aliphatic rings. The van der Waals surface area contributed by atoms with E-state index >= 15 is 0 Å². The Labute approximate surface area is 326 Å². The Morgan fingerprint density at radius 1 is 0.286 bits per heavy atom. The van der Waals surface area contributed by atoms with Crippen LogP contribution in [-0.2, 0) is 5.41 Å². The molecule has 1 spiro atoms. The maximum atomic E-state index is 2.53. The van der Waals surface area contributed by atoms with E-state index in [9.17, 15) is 0 Å². The van der Waals surface area contributed by atoms with Crippen molar-refractivity contribution in [2.75, 3.05) is 0 Å². The number of hydrogen-bond donors (Lipinski definition) is 0. The topological polar surface area (TPSA) is 4.93 Å². The molecule has 0 atom stereocenters. The zero-order valence-electron chi connectivity index (χ0n) is 30.7. The van der Waals surface area contributed by atoms with E-state index < -0.39 is 5.41 Å². The third-order valence-electron chi connectivity index (χ3n) is 12.4. The number of aromatic nitrogens is 1. The summed E-state index contributed by atoms with van der Waals surface area (Å²) in [5, 5.41) is 2.50. The van der Waals surface area contributed by atoms with Gasteiger partial charge in [0.1, 0.15) is 0 Å². The van der Waals surface area contributed by atoms with Crippen LogP contribution in [0.1, 0.15) is 22.3 Å². The zero-order valence-corrected chi connectivity index (χ0v) is 30.7. The molecule has 12 rings (SSSR count). The Hall–Kier alpha value is -7.22. The van der Waals surface area contributed by atoms with Gasteiger partial charge in [0, 0.05) is 16.3 Å². The molecule has 56 heavy (non-hydrogen) atoms. The summed E-state index contributed by atoms with van der Waals surface area (Å²) < 4.78 is 2.53. The monoisotopic (exact) mass is 709 g/mol.